The van der Waals surface area contributed by atoms with Crippen molar-refractivity contribution < 1.29 is 14.7 Å². The van der Waals surface area contributed by atoms with E-state index in [0.29, 0.717) is 15.9 Å². The van der Waals surface area contributed by atoms with Crippen molar-refractivity contribution in [3.8, 4) is 16.9 Å². The number of thiophene rings is 1. The van der Waals surface area contributed by atoms with E-state index >= 15 is 0 Å². The molecule has 2 amide bonds. The van der Waals surface area contributed by atoms with Crippen LogP contribution in [0, 0.1) is 6.92 Å². The van der Waals surface area contributed by atoms with Gasteiger partial charge in [0.15, 0.2) is 0 Å². The number of nitrogens with zero attached hydrogens (tertiary/aromatic N) is 2. The van der Waals surface area contributed by atoms with E-state index < -0.39 is 5.91 Å². The summed E-state index contributed by atoms with van der Waals surface area (Å²) in [7, 11) is 0. The van der Waals surface area contributed by atoms with Gasteiger partial charge in [-0.1, -0.05) is 29.8 Å². The molecule has 3 N–H and O–H groups in total. The molecule has 168 valence electrons. The highest BCUT2D eigenvalue weighted by Gasteiger charge is 2.14. The summed E-state index contributed by atoms with van der Waals surface area (Å²) in [5.41, 5.74) is 3.22. The van der Waals surface area contributed by atoms with Crippen molar-refractivity contribution in [1.29, 1.82) is 0 Å². The standard InChI is InChI=1S/C24H22N4O4S/c1-15-2-4-16(5-3-15)19-13-33-23-22(19)24(32)28(14-26-23)11-10-20(30)25-12-21(31)27-17-6-8-18(29)9-7-17/h2-9,13-14,29H,10-12H2,1H3,(H,25,30)(H,27,31). The minimum Gasteiger partial charge on any atom is -0.508 e. The fourth-order valence-corrected chi connectivity index (χ4v) is 4.22. The molecule has 0 aliphatic carbocycles. The van der Waals surface area contributed by atoms with E-state index in [1.54, 1.807) is 12.1 Å². The molecule has 0 aliphatic heterocycles. The molecule has 0 bridgehead atoms. The van der Waals surface area contributed by atoms with E-state index in [2.05, 4.69) is 15.6 Å². The molecule has 2 aromatic heterocycles. The largest absolute Gasteiger partial charge is 0.508 e. The van der Waals surface area contributed by atoms with Gasteiger partial charge in [0.25, 0.3) is 5.56 Å². The third-order valence-corrected chi connectivity index (χ3v) is 5.99. The molecule has 0 spiro atoms. The number of amides is 2. The van der Waals surface area contributed by atoms with Gasteiger partial charge in [0, 0.05) is 29.6 Å². The van der Waals surface area contributed by atoms with Gasteiger partial charge in [-0.25, -0.2) is 4.98 Å². The summed E-state index contributed by atoms with van der Waals surface area (Å²) in [6.45, 7) is 1.95. The Morgan fingerprint density at radius 2 is 1.79 bits per heavy atom. The maximum atomic E-state index is 13.1. The number of hydrogen-bond donors (Lipinski definition) is 3. The minimum atomic E-state index is -0.393. The first-order valence-electron chi connectivity index (χ1n) is 10.3. The predicted octanol–water partition coefficient (Wildman–Crippen LogP) is 3.28. The van der Waals surface area contributed by atoms with Gasteiger partial charge in [-0.15, -0.1) is 11.3 Å². The Morgan fingerprint density at radius 1 is 1.06 bits per heavy atom. The van der Waals surface area contributed by atoms with Crippen LogP contribution < -0.4 is 16.2 Å². The highest BCUT2D eigenvalue weighted by molar-refractivity contribution is 7.17. The van der Waals surface area contributed by atoms with Crippen LogP contribution in [0.2, 0.25) is 0 Å². The molecular weight excluding hydrogens is 440 g/mol. The lowest BCUT2D eigenvalue weighted by molar-refractivity contribution is -0.124. The normalized spacial score (nSPS) is 10.8. The number of aromatic nitrogens is 2. The molecule has 33 heavy (non-hydrogen) atoms. The highest BCUT2D eigenvalue weighted by Crippen LogP contribution is 2.30. The molecule has 4 aromatic rings. The summed E-state index contributed by atoms with van der Waals surface area (Å²) in [5.74, 6) is -0.653. The van der Waals surface area contributed by atoms with Crippen LogP contribution in [0.15, 0.2) is 65.0 Å². The molecule has 9 heteroatoms. The lowest BCUT2D eigenvalue weighted by atomic mass is 10.1. The van der Waals surface area contributed by atoms with Crippen LogP contribution in [-0.2, 0) is 16.1 Å². The fraction of sp³-hybridized carbons (Fsp3) is 0.167. The van der Waals surface area contributed by atoms with Crippen LogP contribution in [0.5, 0.6) is 5.75 Å². The summed E-state index contributed by atoms with van der Waals surface area (Å²) in [6.07, 6.45) is 1.48. The van der Waals surface area contributed by atoms with Gasteiger partial charge < -0.3 is 15.7 Å². The second-order valence-electron chi connectivity index (χ2n) is 7.56. The lowest BCUT2D eigenvalue weighted by Crippen LogP contribution is -2.34. The summed E-state index contributed by atoms with van der Waals surface area (Å²) in [4.78, 5) is 42.3. The maximum Gasteiger partial charge on any atom is 0.262 e. The summed E-state index contributed by atoms with van der Waals surface area (Å²) in [6, 6.07) is 14.0. The van der Waals surface area contributed by atoms with E-state index in [1.165, 1.54) is 34.4 Å². The molecule has 0 saturated heterocycles. The number of hydrogen-bond acceptors (Lipinski definition) is 6. The van der Waals surface area contributed by atoms with Crippen LogP contribution in [-0.4, -0.2) is 33.0 Å². The molecule has 4 rings (SSSR count). The Kier molecular flexibility index (Phi) is 6.50. The second-order valence-corrected chi connectivity index (χ2v) is 8.42. The van der Waals surface area contributed by atoms with Gasteiger partial charge in [-0.3, -0.25) is 19.0 Å². The molecule has 2 heterocycles. The zero-order valence-electron chi connectivity index (χ0n) is 17.9. The van der Waals surface area contributed by atoms with Crippen LogP contribution in [0.1, 0.15) is 12.0 Å². The van der Waals surface area contributed by atoms with Gasteiger partial charge in [-0.05, 0) is 36.8 Å². The lowest BCUT2D eigenvalue weighted by Gasteiger charge is -2.08. The van der Waals surface area contributed by atoms with Crippen molar-refractivity contribution in [3.05, 3.63) is 76.2 Å². The number of carbonyl (C=O) groups excluding carboxylic acids is 2. The smallest absolute Gasteiger partial charge is 0.262 e. The molecule has 0 radical (unpaired) electrons. The number of anilines is 1. The topological polar surface area (TPSA) is 113 Å². The minimum absolute atomic E-state index is 0.0313. The predicted molar refractivity (Wildman–Crippen MR) is 128 cm³/mol. The van der Waals surface area contributed by atoms with E-state index in [0.717, 1.165) is 16.7 Å². The Bertz CT molecular complexity index is 1360. The molecular formula is C24H22N4O4S. The van der Waals surface area contributed by atoms with Gasteiger partial charge in [0.05, 0.1) is 18.3 Å². The van der Waals surface area contributed by atoms with Crippen LogP contribution >= 0.6 is 11.3 Å². The quantitative estimate of drug-likeness (QED) is 0.365. The number of fused-ring (bicyclic) bond motifs is 1. The van der Waals surface area contributed by atoms with Crippen LogP contribution in [0.25, 0.3) is 21.3 Å². The molecule has 0 saturated carbocycles. The number of aromatic hydroxyl groups is 1. The molecule has 2 aromatic carbocycles. The monoisotopic (exact) mass is 462 g/mol. The summed E-state index contributed by atoms with van der Waals surface area (Å²) < 4.78 is 1.42. The number of nitrogens with one attached hydrogen (secondary N) is 2. The van der Waals surface area contributed by atoms with E-state index in [4.69, 9.17) is 0 Å². The zero-order valence-corrected chi connectivity index (χ0v) is 18.7. The summed E-state index contributed by atoms with van der Waals surface area (Å²) >= 11 is 1.41. The van der Waals surface area contributed by atoms with Gasteiger partial charge in [0.1, 0.15) is 10.6 Å². The highest BCUT2D eigenvalue weighted by atomic mass is 32.1. The number of aryl methyl sites for hydroxylation is 2. The molecule has 0 aliphatic rings. The summed E-state index contributed by atoms with van der Waals surface area (Å²) in [5, 5.41) is 16.9. The van der Waals surface area contributed by atoms with E-state index in [9.17, 15) is 19.5 Å². The Balaban J connectivity index is 1.38. The van der Waals surface area contributed by atoms with Crippen molar-refractivity contribution in [2.45, 2.75) is 19.9 Å². The second kappa shape index (κ2) is 9.66. The van der Waals surface area contributed by atoms with Gasteiger partial charge in [0.2, 0.25) is 11.8 Å². The molecule has 0 unspecified atom stereocenters. The molecule has 0 atom stereocenters. The Hall–Kier alpha value is -3.98. The van der Waals surface area contributed by atoms with Crippen molar-refractivity contribution in [2.24, 2.45) is 0 Å². The Morgan fingerprint density at radius 3 is 2.52 bits per heavy atom. The molecule has 8 nitrogen and oxygen atoms in total. The number of benzene rings is 2. The van der Waals surface area contributed by atoms with Gasteiger partial charge in [-0.2, -0.15) is 0 Å². The SMILES string of the molecule is Cc1ccc(-c2csc3ncn(CCC(=O)NCC(=O)Nc4ccc(O)cc4)c(=O)c23)cc1. The van der Waals surface area contributed by atoms with Crippen LogP contribution in [0.3, 0.4) is 0 Å². The van der Waals surface area contributed by atoms with Crippen molar-refractivity contribution in [3.63, 3.8) is 0 Å². The fourth-order valence-electron chi connectivity index (χ4n) is 3.31. The zero-order chi connectivity index (χ0) is 23.4. The van der Waals surface area contributed by atoms with Gasteiger partial charge >= 0.3 is 0 Å². The average molecular weight is 463 g/mol. The first-order chi connectivity index (χ1) is 15.9. The van der Waals surface area contributed by atoms with Crippen molar-refractivity contribution >= 4 is 39.1 Å². The first-order valence-corrected chi connectivity index (χ1v) is 11.2. The van der Waals surface area contributed by atoms with E-state index in [1.807, 2.05) is 36.6 Å². The number of rotatable bonds is 7. The molecule has 0 fully saturated rings. The Labute approximate surface area is 193 Å². The number of phenols is 1. The average Bonchev–Trinajstić information content (AvgIpc) is 3.24. The third kappa shape index (κ3) is 5.27. The first kappa shape index (κ1) is 22.2. The third-order valence-electron chi connectivity index (χ3n) is 5.10. The van der Waals surface area contributed by atoms with Crippen molar-refractivity contribution in [2.75, 3.05) is 11.9 Å². The number of carbonyl (C=O) groups is 2. The number of phenolic OH excluding ortho intramolecular Hbond substituents is 1. The van der Waals surface area contributed by atoms with Crippen molar-refractivity contribution in [1.82, 2.24) is 14.9 Å². The maximum absolute atomic E-state index is 13.1. The van der Waals surface area contributed by atoms with E-state index in [-0.39, 0.29) is 36.7 Å². The van der Waals surface area contributed by atoms with Crippen LogP contribution in [0.4, 0.5) is 5.69 Å².